The fourth-order valence-corrected chi connectivity index (χ4v) is 4.03. The summed E-state index contributed by atoms with van der Waals surface area (Å²) in [5.74, 6) is 0.0982. The van der Waals surface area contributed by atoms with Gasteiger partial charge in [0.2, 0.25) is 5.91 Å². The van der Waals surface area contributed by atoms with Gasteiger partial charge in [-0.05, 0) is 20.3 Å². The Bertz CT molecular complexity index is 823. The summed E-state index contributed by atoms with van der Waals surface area (Å²) in [6.07, 6.45) is 0.945. The van der Waals surface area contributed by atoms with Gasteiger partial charge in [-0.1, -0.05) is 6.92 Å². The van der Waals surface area contributed by atoms with Crippen LogP contribution in [0.2, 0.25) is 0 Å². The Kier molecular flexibility index (Phi) is 6.05. The Labute approximate surface area is 157 Å². The highest BCUT2D eigenvalue weighted by Crippen LogP contribution is 2.13. The fourth-order valence-electron chi connectivity index (χ4n) is 3.14. The van der Waals surface area contributed by atoms with E-state index in [9.17, 15) is 9.59 Å². The molecule has 1 fully saturated rings. The number of aryl methyl sites for hydroxylation is 1. The zero-order valence-electron chi connectivity index (χ0n) is 15.7. The van der Waals surface area contributed by atoms with Crippen LogP contribution in [0.5, 0.6) is 0 Å². The minimum Gasteiger partial charge on any atom is -0.353 e. The van der Waals surface area contributed by atoms with E-state index in [0.717, 1.165) is 48.9 Å². The highest BCUT2D eigenvalue weighted by atomic mass is 32.1. The second-order valence-corrected chi connectivity index (χ2v) is 7.85. The van der Waals surface area contributed by atoms with Gasteiger partial charge in [-0.3, -0.25) is 23.8 Å². The van der Waals surface area contributed by atoms with Gasteiger partial charge in [0.05, 0.1) is 12.2 Å². The molecule has 1 unspecified atom stereocenters. The minimum atomic E-state index is -0.0101. The van der Waals surface area contributed by atoms with Gasteiger partial charge in [0.25, 0.3) is 5.56 Å². The van der Waals surface area contributed by atoms with E-state index >= 15 is 0 Å². The SMILES string of the molecule is CCC(C)NC(=O)CN1CCN(Cc2cc(=O)n3c(C)csc3n2)CC1. The molecule has 142 valence electrons. The zero-order chi connectivity index (χ0) is 18.7. The topological polar surface area (TPSA) is 70.0 Å². The summed E-state index contributed by atoms with van der Waals surface area (Å²) in [5.41, 5.74) is 1.74. The molecule has 1 amide bonds. The van der Waals surface area contributed by atoms with E-state index in [1.54, 1.807) is 10.5 Å². The van der Waals surface area contributed by atoms with Crippen LogP contribution < -0.4 is 10.9 Å². The maximum absolute atomic E-state index is 12.3. The molecule has 2 aromatic rings. The molecule has 0 bridgehead atoms. The molecule has 2 aromatic heterocycles. The Hall–Kier alpha value is -1.77. The number of fused-ring (bicyclic) bond motifs is 1. The van der Waals surface area contributed by atoms with Gasteiger partial charge >= 0.3 is 0 Å². The monoisotopic (exact) mass is 377 g/mol. The first-order valence-corrected chi connectivity index (χ1v) is 10.0. The third-order valence-electron chi connectivity index (χ3n) is 4.87. The minimum absolute atomic E-state index is 0.0101. The molecule has 3 heterocycles. The number of carbonyl (C=O) groups is 1. The van der Waals surface area contributed by atoms with Gasteiger partial charge in [-0.15, -0.1) is 11.3 Å². The van der Waals surface area contributed by atoms with Crippen LogP contribution in [0.15, 0.2) is 16.2 Å². The predicted octanol–water partition coefficient (Wildman–Crippen LogP) is 1.10. The summed E-state index contributed by atoms with van der Waals surface area (Å²) >= 11 is 1.50. The van der Waals surface area contributed by atoms with Crippen molar-refractivity contribution in [1.82, 2.24) is 24.5 Å². The molecule has 7 nitrogen and oxygen atoms in total. The molecule has 0 aliphatic carbocycles. The molecule has 0 aromatic carbocycles. The second-order valence-electron chi connectivity index (χ2n) is 7.01. The maximum atomic E-state index is 12.3. The predicted molar refractivity (Wildman–Crippen MR) is 104 cm³/mol. The lowest BCUT2D eigenvalue weighted by Crippen LogP contribution is -2.50. The van der Waals surface area contributed by atoms with Gasteiger partial charge in [0, 0.05) is 55.9 Å². The molecular formula is C18H27N5O2S. The first-order valence-electron chi connectivity index (χ1n) is 9.17. The van der Waals surface area contributed by atoms with Gasteiger partial charge in [0.1, 0.15) is 0 Å². The third kappa shape index (κ3) is 4.49. The van der Waals surface area contributed by atoms with E-state index in [-0.39, 0.29) is 17.5 Å². The summed E-state index contributed by atoms with van der Waals surface area (Å²) in [6.45, 7) is 10.6. The van der Waals surface area contributed by atoms with Crippen molar-refractivity contribution >= 4 is 22.2 Å². The van der Waals surface area contributed by atoms with Crippen molar-refractivity contribution in [3.05, 3.63) is 33.2 Å². The smallest absolute Gasteiger partial charge is 0.259 e. The molecule has 0 saturated carbocycles. The number of nitrogens with zero attached hydrogens (tertiary/aromatic N) is 4. The standard InChI is InChI=1S/C18H27N5O2S/c1-4-13(2)19-16(24)11-22-7-5-21(6-8-22)10-15-9-17(25)23-14(3)12-26-18(23)20-15/h9,12-13H,4-8,10-11H2,1-3H3,(H,19,24). The largest absolute Gasteiger partial charge is 0.353 e. The van der Waals surface area contributed by atoms with E-state index in [4.69, 9.17) is 0 Å². The van der Waals surface area contributed by atoms with Gasteiger partial charge in [0.15, 0.2) is 4.96 Å². The molecule has 0 radical (unpaired) electrons. The van der Waals surface area contributed by atoms with Crippen LogP contribution in [-0.4, -0.2) is 63.9 Å². The highest BCUT2D eigenvalue weighted by molar-refractivity contribution is 7.15. The number of hydrogen-bond donors (Lipinski definition) is 1. The van der Waals surface area contributed by atoms with E-state index < -0.39 is 0 Å². The molecule has 8 heteroatoms. The molecular weight excluding hydrogens is 350 g/mol. The summed E-state index contributed by atoms with van der Waals surface area (Å²) in [5, 5.41) is 4.97. The first-order chi connectivity index (χ1) is 12.5. The van der Waals surface area contributed by atoms with Crippen LogP contribution in [0.1, 0.15) is 31.7 Å². The van der Waals surface area contributed by atoms with Crippen molar-refractivity contribution in [2.24, 2.45) is 0 Å². The summed E-state index contributed by atoms with van der Waals surface area (Å²) in [6, 6.07) is 1.86. The zero-order valence-corrected chi connectivity index (χ0v) is 16.5. The van der Waals surface area contributed by atoms with Gasteiger partial charge in [-0.2, -0.15) is 0 Å². The quantitative estimate of drug-likeness (QED) is 0.816. The molecule has 1 N–H and O–H groups in total. The number of carbonyl (C=O) groups excluding carboxylic acids is 1. The number of aromatic nitrogens is 2. The Morgan fingerprint density at radius 3 is 2.69 bits per heavy atom. The normalized spacial score (nSPS) is 17.5. The van der Waals surface area contributed by atoms with Crippen molar-refractivity contribution in [3.8, 4) is 0 Å². The van der Waals surface area contributed by atoms with Gasteiger partial charge < -0.3 is 5.32 Å². The average Bonchev–Trinajstić information content (AvgIpc) is 2.98. The van der Waals surface area contributed by atoms with Crippen LogP contribution >= 0.6 is 11.3 Å². The lowest BCUT2D eigenvalue weighted by atomic mass is 10.2. The van der Waals surface area contributed by atoms with Crippen LogP contribution in [0.4, 0.5) is 0 Å². The highest BCUT2D eigenvalue weighted by Gasteiger charge is 2.20. The van der Waals surface area contributed by atoms with Crippen molar-refractivity contribution in [2.45, 2.75) is 39.8 Å². The average molecular weight is 378 g/mol. The van der Waals surface area contributed by atoms with Gasteiger partial charge in [-0.25, -0.2) is 4.98 Å². The molecule has 1 atom stereocenters. The first kappa shape index (κ1) is 19.0. The molecule has 3 rings (SSSR count). The van der Waals surface area contributed by atoms with Crippen LogP contribution in [0, 0.1) is 6.92 Å². The molecule has 1 aliphatic rings. The lowest BCUT2D eigenvalue weighted by Gasteiger charge is -2.34. The Morgan fingerprint density at radius 1 is 1.31 bits per heavy atom. The molecule has 26 heavy (non-hydrogen) atoms. The number of thiazole rings is 1. The van der Waals surface area contributed by atoms with Crippen molar-refractivity contribution in [3.63, 3.8) is 0 Å². The van der Waals surface area contributed by atoms with E-state index in [0.29, 0.717) is 13.1 Å². The van der Waals surface area contributed by atoms with Crippen molar-refractivity contribution in [2.75, 3.05) is 32.7 Å². The molecule has 1 aliphatic heterocycles. The number of piperazine rings is 1. The Balaban J connectivity index is 1.53. The molecule has 0 spiro atoms. The summed E-state index contributed by atoms with van der Waals surface area (Å²) < 4.78 is 1.65. The fraction of sp³-hybridized carbons (Fsp3) is 0.611. The van der Waals surface area contributed by atoms with Crippen LogP contribution in [0.25, 0.3) is 4.96 Å². The number of nitrogens with one attached hydrogen (secondary N) is 1. The Morgan fingerprint density at radius 2 is 2.00 bits per heavy atom. The lowest BCUT2D eigenvalue weighted by molar-refractivity contribution is -0.123. The molecule has 1 saturated heterocycles. The second kappa shape index (κ2) is 8.28. The van der Waals surface area contributed by atoms with Crippen LogP contribution in [0.3, 0.4) is 0 Å². The third-order valence-corrected chi connectivity index (χ3v) is 5.81. The number of rotatable bonds is 6. The van der Waals surface area contributed by atoms with E-state index in [1.165, 1.54) is 11.3 Å². The van der Waals surface area contributed by atoms with Crippen molar-refractivity contribution in [1.29, 1.82) is 0 Å². The van der Waals surface area contributed by atoms with E-state index in [1.807, 2.05) is 19.2 Å². The van der Waals surface area contributed by atoms with Crippen molar-refractivity contribution < 1.29 is 4.79 Å². The maximum Gasteiger partial charge on any atom is 0.259 e. The van der Waals surface area contributed by atoms with E-state index in [2.05, 4.69) is 27.0 Å². The number of hydrogen-bond acceptors (Lipinski definition) is 6. The summed E-state index contributed by atoms with van der Waals surface area (Å²) in [7, 11) is 0. The van der Waals surface area contributed by atoms with Crippen LogP contribution in [-0.2, 0) is 11.3 Å². The summed E-state index contributed by atoms with van der Waals surface area (Å²) in [4.78, 5) is 34.1. The number of amides is 1.